The molecule has 1 fully saturated rings. The molecule has 0 aromatic heterocycles. The van der Waals surface area contributed by atoms with Crippen LogP contribution in [0.2, 0.25) is 5.02 Å². The third kappa shape index (κ3) is 3.72. The van der Waals surface area contributed by atoms with Crippen molar-refractivity contribution in [1.82, 2.24) is 10.2 Å². The number of benzene rings is 1. The van der Waals surface area contributed by atoms with Crippen molar-refractivity contribution in [2.45, 2.75) is 18.9 Å². The highest BCUT2D eigenvalue weighted by Gasteiger charge is 2.19. The smallest absolute Gasteiger partial charge is 0.221 e. The van der Waals surface area contributed by atoms with Crippen LogP contribution in [0.5, 0.6) is 0 Å². The summed E-state index contributed by atoms with van der Waals surface area (Å²) in [5.41, 5.74) is 1.20. The molecule has 1 unspecified atom stereocenters. The highest BCUT2D eigenvalue weighted by Crippen LogP contribution is 2.12. The normalized spacial score (nSPS) is 22.0. The molecule has 17 heavy (non-hydrogen) atoms. The molecule has 1 atom stereocenters. The molecule has 1 saturated heterocycles. The Kier molecular flexibility index (Phi) is 4.02. The molecule has 1 aliphatic rings. The van der Waals surface area contributed by atoms with Crippen LogP contribution < -0.4 is 5.32 Å². The molecule has 0 aliphatic carbocycles. The van der Waals surface area contributed by atoms with Crippen LogP contribution in [0.15, 0.2) is 24.3 Å². The number of hydrogen-bond acceptors (Lipinski definition) is 2. The molecule has 3 nitrogen and oxygen atoms in total. The van der Waals surface area contributed by atoms with Crippen molar-refractivity contribution in [3.05, 3.63) is 34.9 Å². The summed E-state index contributed by atoms with van der Waals surface area (Å²) in [5.74, 6) is 0.147. The number of nitrogens with one attached hydrogen (secondary N) is 1. The molecule has 0 saturated carbocycles. The van der Waals surface area contributed by atoms with E-state index in [4.69, 9.17) is 11.6 Å². The second-order valence-electron chi connectivity index (χ2n) is 4.61. The SMILES string of the molecule is CN1CCC(=O)NC(Cc2ccc(Cl)cc2)C1. The quantitative estimate of drug-likeness (QED) is 0.869. The number of carbonyl (C=O) groups is 1. The third-order valence-electron chi connectivity index (χ3n) is 3.01. The second-order valence-corrected chi connectivity index (χ2v) is 5.04. The predicted molar refractivity (Wildman–Crippen MR) is 69.2 cm³/mol. The number of halogens is 1. The fraction of sp³-hybridized carbons (Fsp3) is 0.462. The zero-order valence-electron chi connectivity index (χ0n) is 9.95. The van der Waals surface area contributed by atoms with E-state index in [-0.39, 0.29) is 11.9 Å². The largest absolute Gasteiger partial charge is 0.352 e. The van der Waals surface area contributed by atoms with Gasteiger partial charge in [-0.2, -0.15) is 0 Å². The lowest BCUT2D eigenvalue weighted by molar-refractivity contribution is -0.121. The van der Waals surface area contributed by atoms with Crippen LogP contribution in [0.25, 0.3) is 0 Å². The zero-order chi connectivity index (χ0) is 12.3. The number of nitrogens with zero attached hydrogens (tertiary/aromatic N) is 1. The van der Waals surface area contributed by atoms with Gasteiger partial charge in [-0.05, 0) is 31.2 Å². The average molecular weight is 253 g/mol. The summed E-state index contributed by atoms with van der Waals surface area (Å²) >= 11 is 5.85. The second kappa shape index (κ2) is 5.52. The van der Waals surface area contributed by atoms with Crippen molar-refractivity contribution in [2.24, 2.45) is 0 Å². The molecule has 92 valence electrons. The van der Waals surface area contributed by atoms with Gasteiger partial charge in [-0.1, -0.05) is 23.7 Å². The van der Waals surface area contributed by atoms with Crippen LogP contribution in [-0.2, 0) is 11.2 Å². The number of likely N-dealkylation sites (N-methyl/N-ethyl adjacent to an activating group) is 1. The molecule has 4 heteroatoms. The Morgan fingerprint density at radius 3 is 2.82 bits per heavy atom. The summed E-state index contributed by atoms with van der Waals surface area (Å²) in [7, 11) is 2.05. The molecule has 1 amide bonds. The minimum absolute atomic E-state index is 0.147. The molecule has 0 bridgehead atoms. The highest BCUT2D eigenvalue weighted by molar-refractivity contribution is 6.30. The Labute approximate surface area is 107 Å². The Morgan fingerprint density at radius 2 is 2.12 bits per heavy atom. The number of amides is 1. The van der Waals surface area contributed by atoms with E-state index in [1.54, 1.807) is 0 Å². The fourth-order valence-corrected chi connectivity index (χ4v) is 2.25. The average Bonchev–Trinajstić information content (AvgIpc) is 2.44. The summed E-state index contributed by atoms with van der Waals surface area (Å²) in [6, 6.07) is 7.99. The van der Waals surface area contributed by atoms with E-state index in [1.807, 2.05) is 24.3 Å². The van der Waals surface area contributed by atoms with Gasteiger partial charge in [0.1, 0.15) is 0 Å². The van der Waals surface area contributed by atoms with Crippen LogP contribution in [0.1, 0.15) is 12.0 Å². The van der Waals surface area contributed by atoms with E-state index in [9.17, 15) is 4.79 Å². The molecular weight excluding hydrogens is 236 g/mol. The van der Waals surface area contributed by atoms with Crippen molar-refractivity contribution in [3.63, 3.8) is 0 Å². The van der Waals surface area contributed by atoms with Crippen LogP contribution in [-0.4, -0.2) is 37.0 Å². The first-order chi connectivity index (χ1) is 8.13. The highest BCUT2D eigenvalue weighted by atomic mass is 35.5. The van der Waals surface area contributed by atoms with E-state index in [0.717, 1.165) is 24.5 Å². The number of carbonyl (C=O) groups excluding carboxylic acids is 1. The lowest BCUT2D eigenvalue weighted by atomic mass is 10.1. The van der Waals surface area contributed by atoms with Crippen molar-refractivity contribution in [2.75, 3.05) is 20.1 Å². The maximum Gasteiger partial charge on any atom is 0.221 e. The third-order valence-corrected chi connectivity index (χ3v) is 3.27. The maximum atomic E-state index is 11.5. The van der Waals surface area contributed by atoms with Crippen LogP contribution in [0, 0.1) is 0 Å². The van der Waals surface area contributed by atoms with Crippen LogP contribution in [0.4, 0.5) is 0 Å². The lowest BCUT2D eigenvalue weighted by Crippen LogP contribution is -2.39. The molecule has 1 aromatic rings. The molecule has 1 heterocycles. The summed E-state index contributed by atoms with van der Waals surface area (Å²) in [6.07, 6.45) is 1.45. The van der Waals surface area contributed by atoms with Crippen molar-refractivity contribution < 1.29 is 4.79 Å². The van der Waals surface area contributed by atoms with Gasteiger partial charge in [0.15, 0.2) is 0 Å². The number of rotatable bonds is 2. The van der Waals surface area contributed by atoms with E-state index in [2.05, 4.69) is 17.3 Å². The molecule has 1 N–H and O–H groups in total. The van der Waals surface area contributed by atoms with Gasteiger partial charge in [0.25, 0.3) is 0 Å². The van der Waals surface area contributed by atoms with Gasteiger partial charge < -0.3 is 10.2 Å². The Balaban J connectivity index is 2.01. The van der Waals surface area contributed by atoms with Gasteiger partial charge >= 0.3 is 0 Å². The molecular formula is C13H17ClN2O. The standard InChI is InChI=1S/C13H17ClN2O/c1-16-7-6-13(17)15-12(9-16)8-10-2-4-11(14)5-3-10/h2-5,12H,6-9H2,1H3,(H,15,17). The number of hydrogen-bond donors (Lipinski definition) is 1. The van der Waals surface area contributed by atoms with Crippen molar-refractivity contribution >= 4 is 17.5 Å². The van der Waals surface area contributed by atoms with Crippen LogP contribution >= 0.6 is 11.6 Å². The first kappa shape index (κ1) is 12.4. The minimum atomic E-state index is 0.147. The minimum Gasteiger partial charge on any atom is -0.352 e. The summed E-state index contributed by atoms with van der Waals surface area (Å²) < 4.78 is 0. The monoisotopic (exact) mass is 252 g/mol. The van der Waals surface area contributed by atoms with Gasteiger partial charge in [0.05, 0.1) is 0 Å². The molecule has 0 spiro atoms. The first-order valence-corrected chi connectivity index (χ1v) is 6.23. The van der Waals surface area contributed by atoms with E-state index >= 15 is 0 Å². The zero-order valence-corrected chi connectivity index (χ0v) is 10.7. The summed E-state index contributed by atoms with van der Waals surface area (Å²) in [5, 5.41) is 3.80. The van der Waals surface area contributed by atoms with Crippen molar-refractivity contribution in [1.29, 1.82) is 0 Å². The van der Waals surface area contributed by atoms with Gasteiger partial charge in [0.2, 0.25) is 5.91 Å². The topological polar surface area (TPSA) is 32.3 Å². The maximum absolute atomic E-state index is 11.5. The fourth-order valence-electron chi connectivity index (χ4n) is 2.13. The van der Waals surface area contributed by atoms with E-state index in [0.29, 0.717) is 6.42 Å². The van der Waals surface area contributed by atoms with Gasteiger partial charge in [0, 0.05) is 30.6 Å². The van der Waals surface area contributed by atoms with Crippen LogP contribution in [0.3, 0.4) is 0 Å². The Morgan fingerprint density at radius 1 is 1.41 bits per heavy atom. The Bertz CT molecular complexity index is 391. The Hall–Kier alpha value is -1.06. The predicted octanol–water partition coefficient (Wildman–Crippen LogP) is 1.70. The van der Waals surface area contributed by atoms with Gasteiger partial charge in [-0.3, -0.25) is 4.79 Å². The van der Waals surface area contributed by atoms with E-state index < -0.39 is 0 Å². The lowest BCUT2D eigenvalue weighted by Gasteiger charge is -2.20. The van der Waals surface area contributed by atoms with Gasteiger partial charge in [-0.15, -0.1) is 0 Å². The molecule has 0 radical (unpaired) electrons. The summed E-state index contributed by atoms with van der Waals surface area (Å²) in [6.45, 7) is 1.73. The van der Waals surface area contributed by atoms with E-state index in [1.165, 1.54) is 5.56 Å². The summed E-state index contributed by atoms with van der Waals surface area (Å²) in [4.78, 5) is 13.7. The molecule has 2 rings (SSSR count). The first-order valence-electron chi connectivity index (χ1n) is 5.86. The van der Waals surface area contributed by atoms with Gasteiger partial charge in [-0.25, -0.2) is 0 Å². The molecule has 1 aromatic carbocycles. The van der Waals surface area contributed by atoms with Crippen molar-refractivity contribution in [3.8, 4) is 0 Å². The molecule has 1 aliphatic heterocycles.